The van der Waals surface area contributed by atoms with Crippen molar-refractivity contribution in [1.29, 1.82) is 0 Å². The predicted molar refractivity (Wildman–Crippen MR) is 114 cm³/mol. The van der Waals surface area contributed by atoms with Gasteiger partial charge in [-0.25, -0.2) is 4.39 Å². The van der Waals surface area contributed by atoms with E-state index in [9.17, 15) is 14.0 Å². The van der Waals surface area contributed by atoms with Crippen molar-refractivity contribution < 1.29 is 18.7 Å². The number of benzene rings is 2. The number of amides is 2. The van der Waals surface area contributed by atoms with Crippen LogP contribution in [0.1, 0.15) is 12.5 Å². The lowest BCUT2D eigenvalue weighted by atomic mass is 10.1. The Balaban J connectivity index is 1.46. The Morgan fingerprint density at radius 2 is 1.80 bits per heavy atom. The van der Waals surface area contributed by atoms with Crippen molar-refractivity contribution in [3.63, 3.8) is 0 Å². The standard InChI is InChI=1S/C22H25ClFN3O3/c1-15-19(23)4-3-5-20(15)25-22(29)16(2)26-10-12-27(13-11-26)21(28)14-30-18-8-6-17(24)7-9-18/h3-9,16H,10-14H2,1-2H3,(H,25,29). The number of hydrogen-bond acceptors (Lipinski definition) is 4. The monoisotopic (exact) mass is 433 g/mol. The summed E-state index contributed by atoms with van der Waals surface area (Å²) in [7, 11) is 0. The molecule has 2 aromatic carbocycles. The van der Waals surface area contributed by atoms with Gasteiger partial charge in [-0.1, -0.05) is 17.7 Å². The Morgan fingerprint density at radius 3 is 2.47 bits per heavy atom. The molecule has 0 aromatic heterocycles. The molecule has 0 aliphatic carbocycles. The third kappa shape index (κ3) is 5.49. The number of piperazine rings is 1. The minimum Gasteiger partial charge on any atom is -0.484 e. The highest BCUT2D eigenvalue weighted by Crippen LogP contribution is 2.23. The highest BCUT2D eigenvalue weighted by atomic mass is 35.5. The fraction of sp³-hybridized carbons (Fsp3) is 0.364. The average molecular weight is 434 g/mol. The van der Waals surface area contributed by atoms with Crippen LogP contribution in [-0.4, -0.2) is 60.4 Å². The number of nitrogens with one attached hydrogen (secondary N) is 1. The van der Waals surface area contributed by atoms with E-state index >= 15 is 0 Å². The van der Waals surface area contributed by atoms with E-state index in [-0.39, 0.29) is 30.3 Å². The molecule has 0 spiro atoms. The molecule has 1 unspecified atom stereocenters. The van der Waals surface area contributed by atoms with E-state index < -0.39 is 0 Å². The molecule has 2 aromatic rings. The molecule has 30 heavy (non-hydrogen) atoms. The van der Waals surface area contributed by atoms with Gasteiger partial charge in [0.25, 0.3) is 5.91 Å². The average Bonchev–Trinajstić information content (AvgIpc) is 2.76. The van der Waals surface area contributed by atoms with Gasteiger partial charge in [0, 0.05) is 36.9 Å². The molecule has 1 heterocycles. The molecule has 1 atom stereocenters. The summed E-state index contributed by atoms with van der Waals surface area (Å²) in [4.78, 5) is 28.8. The second kappa shape index (κ2) is 9.91. The second-order valence-corrected chi connectivity index (χ2v) is 7.64. The summed E-state index contributed by atoms with van der Waals surface area (Å²) < 4.78 is 18.4. The smallest absolute Gasteiger partial charge is 0.260 e. The summed E-state index contributed by atoms with van der Waals surface area (Å²) in [6.07, 6.45) is 0. The molecular weight excluding hydrogens is 409 g/mol. The number of carbonyl (C=O) groups excluding carboxylic acids is 2. The first-order valence-corrected chi connectivity index (χ1v) is 10.2. The van der Waals surface area contributed by atoms with Gasteiger partial charge in [-0.3, -0.25) is 14.5 Å². The SMILES string of the molecule is Cc1c(Cl)cccc1NC(=O)C(C)N1CCN(C(=O)COc2ccc(F)cc2)CC1. The van der Waals surface area contributed by atoms with Crippen LogP contribution in [-0.2, 0) is 9.59 Å². The van der Waals surface area contributed by atoms with E-state index in [0.29, 0.717) is 42.6 Å². The molecule has 1 fully saturated rings. The molecular formula is C22H25ClFN3O3. The highest BCUT2D eigenvalue weighted by molar-refractivity contribution is 6.31. The third-order valence-electron chi connectivity index (χ3n) is 5.30. The molecule has 1 saturated heterocycles. The van der Waals surface area contributed by atoms with Gasteiger partial charge in [0.1, 0.15) is 11.6 Å². The zero-order chi connectivity index (χ0) is 21.7. The molecule has 8 heteroatoms. The maximum absolute atomic E-state index is 12.9. The summed E-state index contributed by atoms with van der Waals surface area (Å²) in [5, 5.41) is 3.54. The quantitative estimate of drug-likeness (QED) is 0.759. The lowest BCUT2D eigenvalue weighted by Crippen LogP contribution is -2.54. The predicted octanol–water partition coefficient (Wildman–Crippen LogP) is 3.34. The van der Waals surface area contributed by atoms with E-state index in [4.69, 9.17) is 16.3 Å². The van der Waals surface area contributed by atoms with Crippen molar-refractivity contribution in [2.45, 2.75) is 19.9 Å². The Hall–Kier alpha value is -2.64. The van der Waals surface area contributed by atoms with Gasteiger partial charge >= 0.3 is 0 Å². The van der Waals surface area contributed by atoms with Crippen molar-refractivity contribution in [3.05, 3.63) is 58.9 Å². The molecule has 0 bridgehead atoms. The van der Waals surface area contributed by atoms with E-state index in [2.05, 4.69) is 5.32 Å². The number of ether oxygens (including phenoxy) is 1. The second-order valence-electron chi connectivity index (χ2n) is 7.24. The van der Waals surface area contributed by atoms with Crippen LogP contribution in [0.2, 0.25) is 5.02 Å². The van der Waals surface area contributed by atoms with Crippen molar-refractivity contribution in [3.8, 4) is 5.75 Å². The Morgan fingerprint density at radius 1 is 1.13 bits per heavy atom. The van der Waals surface area contributed by atoms with Crippen LogP contribution in [0.5, 0.6) is 5.75 Å². The fourth-order valence-electron chi connectivity index (χ4n) is 3.27. The summed E-state index contributed by atoms with van der Waals surface area (Å²) in [5.74, 6) is -0.149. The van der Waals surface area contributed by atoms with Gasteiger partial charge in [-0.15, -0.1) is 0 Å². The zero-order valence-corrected chi connectivity index (χ0v) is 17.8. The van der Waals surface area contributed by atoms with Crippen molar-refractivity contribution >= 4 is 29.1 Å². The molecule has 0 saturated carbocycles. The van der Waals surface area contributed by atoms with E-state index in [0.717, 1.165) is 5.56 Å². The first-order chi connectivity index (χ1) is 14.3. The number of nitrogens with zero attached hydrogens (tertiary/aromatic N) is 2. The molecule has 0 radical (unpaired) electrons. The van der Waals surface area contributed by atoms with E-state index in [1.165, 1.54) is 24.3 Å². The van der Waals surface area contributed by atoms with Gasteiger partial charge in [0.15, 0.2) is 6.61 Å². The van der Waals surface area contributed by atoms with Crippen molar-refractivity contribution in [2.24, 2.45) is 0 Å². The summed E-state index contributed by atoms with van der Waals surface area (Å²) in [6, 6.07) is 10.6. The zero-order valence-electron chi connectivity index (χ0n) is 17.0. The van der Waals surface area contributed by atoms with Crippen LogP contribution in [0.3, 0.4) is 0 Å². The minimum absolute atomic E-state index is 0.101. The number of anilines is 1. The molecule has 1 N–H and O–H groups in total. The van der Waals surface area contributed by atoms with Crippen LogP contribution in [0.25, 0.3) is 0 Å². The summed E-state index contributed by atoms with van der Waals surface area (Å²) >= 11 is 6.12. The van der Waals surface area contributed by atoms with Crippen LogP contribution in [0.4, 0.5) is 10.1 Å². The van der Waals surface area contributed by atoms with Crippen LogP contribution >= 0.6 is 11.6 Å². The largest absolute Gasteiger partial charge is 0.484 e. The fourth-order valence-corrected chi connectivity index (χ4v) is 3.45. The third-order valence-corrected chi connectivity index (χ3v) is 5.71. The topological polar surface area (TPSA) is 61.9 Å². The molecule has 6 nitrogen and oxygen atoms in total. The lowest BCUT2D eigenvalue weighted by molar-refractivity contribution is -0.135. The van der Waals surface area contributed by atoms with E-state index in [1.54, 1.807) is 17.0 Å². The maximum Gasteiger partial charge on any atom is 0.260 e. The number of carbonyl (C=O) groups is 2. The Bertz CT molecular complexity index is 899. The van der Waals surface area contributed by atoms with Crippen LogP contribution < -0.4 is 10.1 Å². The maximum atomic E-state index is 12.9. The van der Waals surface area contributed by atoms with Crippen molar-refractivity contribution in [2.75, 3.05) is 38.1 Å². The molecule has 1 aliphatic rings. The first kappa shape index (κ1) is 22.1. The van der Waals surface area contributed by atoms with Gasteiger partial charge in [-0.2, -0.15) is 0 Å². The van der Waals surface area contributed by atoms with Crippen LogP contribution in [0.15, 0.2) is 42.5 Å². The first-order valence-electron chi connectivity index (χ1n) is 9.81. The summed E-state index contributed by atoms with van der Waals surface area (Å²) in [6.45, 7) is 5.82. The van der Waals surface area contributed by atoms with Gasteiger partial charge in [0.2, 0.25) is 5.91 Å². The molecule has 3 rings (SSSR count). The number of rotatable bonds is 6. The van der Waals surface area contributed by atoms with Gasteiger partial charge < -0.3 is 15.0 Å². The van der Waals surface area contributed by atoms with E-state index in [1.807, 2.05) is 24.8 Å². The van der Waals surface area contributed by atoms with Crippen LogP contribution in [0, 0.1) is 12.7 Å². The van der Waals surface area contributed by atoms with Crippen molar-refractivity contribution in [1.82, 2.24) is 9.80 Å². The molecule has 160 valence electrons. The normalized spacial score (nSPS) is 15.5. The number of hydrogen-bond donors (Lipinski definition) is 1. The summed E-state index contributed by atoms with van der Waals surface area (Å²) in [5.41, 5.74) is 1.53. The van der Waals surface area contributed by atoms with Gasteiger partial charge in [-0.05, 0) is 55.8 Å². The Kier molecular flexibility index (Phi) is 7.29. The van der Waals surface area contributed by atoms with Gasteiger partial charge in [0.05, 0.1) is 6.04 Å². The number of halogens is 2. The minimum atomic E-state index is -0.353. The molecule has 2 amide bonds. The lowest BCUT2D eigenvalue weighted by Gasteiger charge is -2.37. The Labute approximate surface area is 180 Å². The molecule has 1 aliphatic heterocycles. The highest BCUT2D eigenvalue weighted by Gasteiger charge is 2.28.